The smallest absolute Gasteiger partial charge is 0.213 e. The molecular formula is C35H38Br4N2O2. The summed E-state index contributed by atoms with van der Waals surface area (Å²) in [6.07, 6.45) is 5.91. The number of aryl methyl sites for hydroxylation is 1. The number of para-hydroxylation sites is 1. The Morgan fingerprint density at radius 1 is 1.05 bits per heavy atom. The Morgan fingerprint density at radius 3 is 2.56 bits per heavy atom. The van der Waals surface area contributed by atoms with Crippen LogP contribution in [0, 0.1) is 18.8 Å². The molecule has 1 N–H and O–H groups in total. The molecule has 4 heterocycles. The van der Waals surface area contributed by atoms with Gasteiger partial charge < -0.3 is 48.3 Å². The van der Waals surface area contributed by atoms with Crippen LogP contribution in [0.3, 0.4) is 0 Å². The number of ether oxygens (including phenoxy) is 1. The second-order valence-electron chi connectivity index (χ2n) is 11.9. The first-order valence-electron chi connectivity index (χ1n) is 14.5. The fraction of sp³-hybridized carbons (Fsp3) is 0.343. The van der Waals surface area contributed by atoms with Gasteiger partial charge in [-0.2, -0.15) is 4.57 Å². The molecule has 1 aromatic heterocycles. The topological polar surface area (TPSA) is 33.3 Å². The van der Waals surface area contributed by atoms with Gasteiger partial charge in [0.25, 0.3) is 0 Å². The van der Waals surface area contributed by atoms with Crippen molar-refractivity contribution in [2.45, 2.75) is 45.0 Å². The van der Waals surface area contributed by atoms with E-state index in [9.17, 15) is 5.11 Å². The van der Waals surface area contributed by atoms with E-state index >= 15 is 0 Å². The molecule has 5 atom stereocenters. The van der Waals surface area contributed by atoms with Crippen LogP contribution in [0.25, 0.3) is 10.9 Å². The lowest BCUT2D eigenvalue weighted by molar-refractivity contribution is -0.985. The standard InChI is InChI=1S/C35H38Br2N2O2.2BrH/c1-4-24-21-39(22-27-18-28(41-3)10-12-32(27)37)16-14-25(24)19-34(39)35(40)30-13-15-38(33-8-6-5-7-29(30)33)20-26-17-23(2)9-11-31(26)36;;/h4-13,15,17-18,24-25,34-35,40H,1,14,16,19-22H2,2-3H3;2*1H/q+2;;/p-2/t24-,25?,34?,35+,39?;;/m1../s1. The molecule has 228 valence electrons. The first-order valence-corrected chi connectivity index (χ1v) is 16.1. The number of aliphatic hydroxyl groups excluding tert-OH is 1. The van der Waals surface area contributed by atoms with E-state index in [-0.39, 0.29) is 40.0 Å². The highest BCUT2D eigenvalue weighted by atomic mass is 79.9. The van der Waals surface area contributed by atoms with Crippen molar-refractivity contribution < 1.29 is 52.9 Å². The molecule has 0 radical (unpaired) electrons. The molecule has 43 heavy (non-hydrogen) atoms. The molecule has 2 bridgehead atoms. The normalized spacial score (nSPS) is 23.2. The molecule has 3 fully saturated rings. The largest absolute Gasteiger partial charge is 1.00 e. The maximum Gasteiger partial charge on any atom is 0.213 e. The van der Waals surface area contributed by atoms with Crippen molar-refractivity contribution in [1.29, 1.82) is 0 Å². The Kier molecular flexibility index (Phi) is 11.4. The predicted octanol–water partition coefficient (Wildman–Crippen LogP) is 1.67. The van der Waals surface area contributed by atoms with Gasteiger partial charge in [0, 0.05) is 56.5 Å². The summed E-state index contributed by atoms with van der Waals surface area (Å²) in [7, 11) is 1.72. The maximum atomic E-state index is 12.3. The third-order valence-electron chi connectivity index (χ3n) is 9.60. The Bertz CT molecular complexity index is 1610. The lowest BCUT2D eigenvalue weighted by atomic mass is 9.71. The van der Waals surface area contributed by atoms with Crippen LogP contribution in [0.4, 0.5) is 0 Å². The number of piperidine rings is 3. The van der Waals surface area contributed by atoms with Crippen LogP contribution in [0.1, 0.15) is 41.2 Å². The van der Waals surface area contributed by atoms with Gasteiger partial charge in [-0.1, -0.05) is 61.7 Å². The number of hydrogen-bond donors (Lipinski definition) is 1. The van der Waals surface area contributed by atoms with E-state index in [2.05, 4.69) is 123 Å². The van der Waals surface area contributed by atoms with Gasteiger partial charge in [-0.25, -0.2) is 0 Å². The lowest BCUT2D eigenvalue weighted by Crippen LogP contribution is -3.00. The van der Waals surface area contributed by atoms with Crippen LogP contribution in [0.15, 0.2) is 94.5 Å². The molecular weight excluding hydrogens is 800 g/mol. The first-order chi connectivity index (χ1) is 19.8. The van der Waals surface area contributed by atoms with Gasteiger partial charge >= 0.3 is 0 Å². The van der Waals surface area contributed by atoms with Crippen LogP contribution in [-0.2, 0) is 13.1 Å². The van der Waals surface area contributed by atoms with Crippen molar-refractivity contribution in [3.05, 3.63) is 117 Å². The molecule has 4 nitrogen and oxygen atoms in total. The molecule has 7 rings (SSSR count). The molecule has 3 saturated heterocycles. The van der Waals surface area contributed by atoms with Crippen molar-refractivity contribution in [3.63, 3.8) is 0 Å². The summed E-state index contributed by atoms with van der Waals surface area (Å²) >= 11 is 7.55. The number of hydrogen-bond acceptors (Lipinski definition) is 2. The zero-order valence-electron chi connectivity index (χ0n) is 24.5. The number of nitrogens with zero attached hydrogens (tertiary/aromatic N) is 2. The molecule has 8 heteroatoms. The third kappa shape index (κ3) is 6.70. The molecule has 3 aliphatic heterocycles. The summed E-state index contributed by atoms with van der Waals surface area (Å²) in [6, 6.07) is 23.5. The van der Waals surface area contributed by atoms with Gasteiger partial charge in [0.1, 0.15) is 24.4 Å². The predicted molar refractivity (Wildman–Crippen MR) is 172 cm³/mol. The van der Waals surface area contributed by atoms with E-state index in [0.29, 0.717) is 11.8 Å². The molecule has 4 aromatic rings. The summed E-state index contributed by atoms with van der Waals surface area (Å²) in [5.74, 6) is 1.91. The van der Waals surface area contributed by atoms with Crippen molar-refractivity contribution in [1.82, 2.24) is 0 Å². The van der Waals surface area contributed by atoms with Crippen LogP contribution in [0.2, 0.25) is 0 Å². The fourth-order valence-electron chi connectivity index (χ4n) is 7.44. The van der Waals surface area contributed by atoms with E-state index in [1.165, 1.54) is 23.1 Å². The summed E-state index contributed by atoms with van der Waals surface area (Å²) in [4.78, 5) is 0. The first kappa shape index (κ1) is 34.3. The van der Waals surface area contributed by atoms with Crippen LogP contribution in [-0.4, -0.2) is 35.8 Å². The second kappa shape index (κ2) is 14.3. The SMILES string of the molecule is C=C[C@@H]1C[N+]2(Cc3cc(OC)ccc3Br)CCC1CC2[C@@H](O)c1cc[n+](Cc2cc(C)ccc2Br)c2ccccc12.[Br-].[Br-]. The summed E-state index contributed by atoms with van der Waals surface area (Å²) in [6.45, 7) is 10.0. The maximum absolute atomic E-state index is 12.3. The number of aliphatic hydroxyl groups is 1. The highest BCUT2D eigenvalue weighted by Crippen LogP contribution is 2.48. The van der Waals surface area contributed by atoms with Gasteiger partial charge in [0.15, 0.2) is 12.7 Å². The van der Waals surface area contributed by atoms with Gasteiger partial charge in [-0.15, -0.1) is 6.58 Å². The number of quaternary nitrogens is 1. The Morgan fingerprint density at radius 2 is 1.79 bits per heavy atom. The highest BCUT2D eigenvalue weighted by molar-refractivity contribution is 9.10. The number of fused-ring (bicyclic) bond motifs is 4. The summed E-state index contributed by atoms with van der Waals surface area (Å²) in [5.41, 5.74) is 5.88. The van der Waals surface area contributed by atoms with E-state index in [0.717, 1.165) is 68.2 Å². The van der Waals surface area contributed by atoms with E-state index in [4.69, 9.17) is 4.74 Å². The second-order valence-corrected chi connectivity index (χ2v) is 13.7. The van der Waals surface area contributed by atoms with Crippen molar-refractivity contribution in [2.75, 3.05) is 20.2 Å². The number of methoxy groups -OCH3 is 1. The number of halogens is 4. The van der Waals surface area contributed by atoms with Gasteiger partial charge in [-0.3, -0.25) is 0 Å². The average molecular weight is 838 g/mol. The Balaban J connectivity index is 0.00000212. The zero-order chi connectivity index (χ0) is 28.7. The number of pyridine rings is 1. The van der Waals surface area contributed by atoms with Crippen LogP contribution < -0.4 is 43.3 Å². The van der Waals surface area contributed by atoms with Gasteiger partial charge in [0.05, 0.1) is 25.6 Å². The molecule has 0 aliphatic carbocycles. The molecule has 0 spiro atoms. The quantitative estimate of drug-likeness (QED) is 0.167. The third-order valence-corrected chi connectivity index (χ3v) is 11.1. The molecule has 0 amide bonds. The van der Waals surface area contributed by atoms with Crippen molar-refractivity contribution in [2.24, 2.45) is 11.8 Å². The zero-order valence-corrected chi connectivity index (χ0v) is 30.9. The molecule has 3 aromatic carbocycles. The van der Waals surface area contributed by atoms with E-state index in [1.54, 1.807) is 7.11 Å². The summed E-state index contributed by atoms with van der Waals surface area (Å²) in [5, 5.41) is 13.4. The monoisotopic (exact) mass is 834 g/mol. The number of aromatic nitrogens is 1. The van der Waals surface area contributed by atoms with Crippen molar-refractivity contribution >= 4 is 42.8 Å². The van der Waals surface area contributed by atoms with Crippen LogP contribution >= 0.6 is 31.9 Å². The molecule has 3 aliphatic rings. The Hall–Kier alpha value is -1.55. The highest BCUT2D eigenvalue weighted by Gasteiger charge is 2.54. The van der Waals surface area contributed by atoms with Crippen LogP contribution in [0.5, 0.6) is 5.75 Å². The van der Waals surface area contributed by atoms with Gasteiger partial charge in [0.2, 0.25) is 5.52 Å². The average Bonchev–Trinajstić information content (AvgIpc) is 3.00. The minimum atomic E-state index is -0.571. The minimum Gasteiger partial charge on any atom is -1.00 e. The van der Waals surface area contributed by atoms with Gasteiger partial charge in [-0.05, 0) is 49.2 Å². The fourth-order valence-corrected chi connectivity index (χ4v) is 8.18. The van der Waals surface area contributed by atoms with E-state index < -0.39 is 6.10 Å². The summed E-state index contributed by atoms with van der Waals surface area (Å²) < 4.78 is 10.9. The number of rotatable bonds is 8. The Labute approximate surface area is 293 Å². The van der Waals surface area contributed by atoms with E-state index in [1.807, 2.05) is 6.07 Å². The molecule has 0 saturated carbocycles. The van der Waals surface area contributed by atoms with Crippen molar-refractivity contribution in [3.8, 4) is 5.75 Å². The molecule has 3 unspecified atom stereocenters. The number of benzene rings is 3. The lowest BCUT2D eigenvalue weighted by Gasteiger charge is -2.58. The minimum absolute atomic E-state index is 0.